The molecule has 6 nitrogen and oxygen atoms in total. The summed E-state index contributed by atoms with van der Waals surface area (Å²) in [5.74, 6) is 0.949. The molecule has 30 heavy (non-hydrogen) atoms. The zero-order valence-electron chi connectivity index (χ0n) is 17.3. The fourth-order valence-electron chi connectivity index (χ4n) is 3.54. The van der Waals surface area contributed by atoms with E-state index in [0.29, 0.717) is 0 Å². The lowest BCUT2D eigenvalue weighted by Gasteiger charge is -2.35. The molecule has 2 heterocycles. The first kappa shape index (κ1) is 20.4. The Morgan fingerprint density at radius 2 is 1.77 bits per heavy atom. The van der Waals surface area contributed by atoms with Crippen molar-refractivity contribution in [2.75, 3.05) is 43.5 Å². The maximum absolute atomic E-state index is 11.4. The molecule has 156 valence electrons. The molecule has 0 atom stereocenters. The molecular weight excluding hydrogens is 396 g/mol. The normalized spacial score (nSPS) is 14.5. The minimum atomic E-state index is 0.107. The van der Waals surface area contributed by atoms with E-state index in [1.165, 1.54) is 5.69 Å². The van der Waals surface area contributed by atoms with E-state index in [-0.39, 0.29) is 5.78 Å². The molecule has 0 unspecified atom stereocenters. The van der Waals surface area contributed by atoms with Crippen molar-refractivity contribution in [2.24, 2.45) is 0 Å². The Morgan fingerprint density at radius 3 is 2.40 bits per heavy atom. The molecule has 4 rings (SSSR count). The molecule has 1 fully saturated rings. The predicted octanol–water partition coefficient (Wildman–Crippen LogP) is 4.42. The zero-order valence-corrected chi connectivity index (χ0v) is 18.1. The van der Waals surface area contributed by atoms with E-state index in [9.17, 15) is 4.79 Å². The number of nitrogens with one attached hydrogen (secondary N) is 1. The molecule has 3 aromatic rings. The highest BCUT2D eigenvalue weighted by atomic mass is 32.1. The molecule has 0 amide bonds. The van der Waals surface area contributed by atoms with Gasteiger partial charge in [0.25, 0.3) is 0 Å². The number of ether oxygens (including phenoxy) is 1. The number of carbonyl (C=O) groups excluding carboxylic acids is 1. The minimum absolute atomic E-state index is 0.107. The van der Waals surface area contributed by atoms with Gasteiger partial charge in [0, 0.05) is 55.0 Å². The fraction of sp³-hybridized carbons (Fsp3) is 0.304. The Hall–Kier alpha value is -2.90. The first-order valence-electron chi connectivity index (χ1n) is 10.0. The van der Waals surface area contributed by atoms with Crippen LogP contribution in [-0.2, 0) is 6.54 Å². The van der Waals surface area contributed by atoms with Crippen molar-refractivity contribution in [1.29, 1.82) is 0 Å². The number of anilines is 3. The van der Waals surface area contributed by atoms with Gasteiger partial charge in [0.1, 0.15) is 5.75 Å². The van der Waals surface area contributed by atoms with E-state index in [4.69, 9.17) is 9.72 Å². The molecule has 0 saturated carbocycles. The van der Waals surface area contributed by atoms with Gasteiger partial charge in [-0.1, -0.05) is 0 Å². The summed E-state index contributed by atoms with van der Waals surface area (Å²) in [4.78, 5) is 21.0. The summed E-state index contributed by atoms with van der Waals surface area (Å²) in [7, 11) is 1.67. The highest BCUT2D eigenvalue weighted by Crippen LogP contribution is 2.24. The Kier molecular flexibility index (Phi) is 6.30. The van der Waals surface area contributed by atoms with Crippen LogP contribution in [0.3, 0.4) is 0 Å². The highest BCUT2D eigenvalue weighted by molar-refractivity contribution is 7.13. The van der Waals surface area contributed by atoms with Crippen LogP contribution < -0.4 is 15.0 Å². The molecule has 1 saturated heterocycles. The van der Waals surface area contributed by atoms with Crippen molar-refractivity contribution in [3.05, 3.63) is 65.2 Å². The van der Waals surface area contributed by atoms with E-state index < -0.39 is 0 Å². The van der Waals surface area contributed by atoms with Crippen LogP contribution in [0.15, 0.2) is 53.9 Å². The molecular formula is C23H26N4O2S. The van der Waals surface area contributed by atoms with Gasteiger partial charge in [-0.05, 0) is 55.5 Å². The van der Waals surface area contributed by atoms with Gasteiger partial charge in [-0.3, -0.25) is 9.69 Å². The van der Waals surface area contributed by atoms with E-state index >= 15 is 0 Å². The lowest BCUT2D eigenvalue weighted by molar-refractivity contribution is 0.101. The molecule has 1 N–H and O–H groups in total. The third-order valence-electron chi connectivity index (χ3n) is 5.29. The van der Waals surface area contributed by atoms with Crippen LogP contribution in [0.4, 0.5) is 16.5 Å². The van der Waals surface area contributed by atoms with Gasteiger partial charge in [-0.15, -0.1) is 11.3 Å². The summed E-state index contributed by atoms with van der Waals surface area (Å²) < 4.78 is 5.20. The SMILES string of the molecule is COc1ccc(Nc2nc(CN3CCN(c4ccc(C(C)=O)cc4)CC3)cs2)cc1. The van der Waals surface area contributed by atoms with Gasteiger partial charge in [0.05, 0.1) is 12.8 Å². The van der Waals surface area contributed by atoms with Gasteiger partial charge < -0.3 is 15.0 Å². The van der Waals surface area contributed by atoms with Crippen molar-refractivity contribution in [3.8, 4) is 5.75 Å². The first-order valence-corrected chi connectivity index (χ1v) is 10.9. The number of hydrogen-bond acceptors (Lipinski definition) is 7. The van der Waals surface area contributed by atoms with E-state index in [2.05, 4.69) is 20.5 Å². The Balaban J connectivity index is 1.28. The van der Waals surface area contributed by atoms with Crippen molar-refractivity contribution in [3.63, 3.8) is 0 Å². The second-order valence-electron chi connectivity index (χ2n) is 7.36. The second-order valence-corrected chi connectivity index (χ2v) is 8.22. The molecule has 0 radical (unpaired) electrons. The summed E-state index contributed by atoms with van der Waals surface area (Å²) in [6.07, 6.45) is 0. The third-order valence-corrected chi connectivity index (χ3v) is 6.10. The standard InChI is InChI=1S/C23H26N4O2S/c1-17(28)18-3-7-21(8-4-18)27-13-11-26(12-14-27)15-20-16-30-23(25-20)24-19-5-9-22(29-2)10-6-19/h3-10,16H,11-15H2,1-2H3,(H,24,25). The van der Waals surface area contributed by atoms with Crippen molar-refractivity contribution in [1.82, 2.24) is 9.88 Å². The van der Waals surface area contributed by atoms with Gasteiger partial charge >= 0.3 is 0 Å². The largest absolute Gasteiger partial charge is 0.497 e. The topological polar surface area (TPSA) is 57.7 Å². The minimum Gasteiger partial charge on any atom is -0.497 e. The molecule has 0 bridgehead atoms. The van der Waals surface area contributed by atoms with Gasteiger partial charge in [0.15, 0.2) is 10.9 Å². The molecule has 1 aliphatic rings. The predicted molar refractivity (Wildman–Crippen MR) is 122 cm³/mol. The van der Waals surface area contributed by atoms with Crippen molar-refractivity contribution < 1.29 is 9.53 Å². The maximum Gasteiger partial charge on any atom is 0.187 e. The lowest BCUT2D eigenvalue weighted by atomic mass is 10.1. The third kappa shape index (κ3) is 4.98. The van der Waals surface area contributed by atoms with Gasteiger partial charge in [-0.2, -0.15) is 0 Å². The van der Waals surface area contributed by atoms with E-state index in [0.717, 1.165) is 60.5 Å². The average Bonchev–Trinajstić information content (AvgIpc) is 3.21. The summed E-state index contributed by atoms with van der Waals surface area (Å²) in [6, 6.07) is 15.8. The quantitative estimate of drug-likeness (QED) is 0.569. The number of rotatable bonds is 7. The summed E-state index contributed by atoms with van der Waals surface area (Å²) in [5.41, 5.74) is 4.04. The number of piperazine rings is 1. The van der Waals surface area contributed by atoms with Crippen LogP contribution in [0, 0.1) is 0 Å². The van der Waals surface area contributed by atoms with Crippen molar-refractivity contribution in [2.45, 2.75) is 13.5 Å². The smallest absolute Gasteiger partial charge is 0.187 e. The summed E-state index contributed by atoms with van der Waals surface area (Å²) in [6.45, 7) is 6.39. The Labute approximate surface area is 181 Å². The summed E-state index contributed by atoms with van der Waals surface area (Å²) in [5, 5.41) is 6.38. The number of nitrogens with zero attached hydrogens (tertiary/aromatic N) is 3. The number of methoxy groups -OCH3 is 1. The number of hydrogen-bond donors (Lipinski definition) is 1. The van der Waals surface area contributed by atoms with Crippen molar-refractivity contribution >= 4 is 33.6 Å². The summed E-state index contributed by atoms with van der Waals surface area (Å²) >= 11 is 1.63. The number of carbonyl (C=O) groups is 1. The number of ketones is 1. The Morgan fingerprint density at radius 1 is 1.07 bits per heavy atom. The molecule has 1 aromatic heterocycles. The average molecular weight is 423 g/mol. The molecule has 7 heteroatoms. The van der Waals surface area contributed by atoms with Crippen LogP contribution in [0.5, 0.6) is 5.75 Å². The number of benzene rings is 2. The van der Waals surface area contributed by atoms with Crippen LogP contribution in [0.25, 0.3) is 0 Å². The fourth-order valence-corrected chi connectivity index (χ4v) is 4.26. The van der Waals surface area contributed by atoms with Crippen LogP contribution in [-0.4, -0.2) is 49.0 Å². The number of thiazole rings is 1. The zero-order chi connectivity index (χ0) is 20.9. The second kappa shape index (κ2) is 9.28. The van der Waals surface area contributed by atoms with Crippen LogP contribution in [0.1, 0.15) is 23.0 Å². The van der Waals surface area contributed by atoms with Gasteiger partial charge in [0.2, 0.25) is 0 Å². The maximum atomic E-state index is 11.4. The van der Waals surface area contributed by atoms with E-state index in [1.54, 1.807) is 25.4 Å². The number of aromatic nitrogens is 1. The molecule has 0 spiro atoms. The Bertz CT molecular complexity index is 977. The first-order chi connectivity index (χ1) is 14.6. The van der Waals surface area contributed by atoms with Gasteiger partial charge in [-0.25, -0.2) is 4.98 Å². The molecule has 2 aromatic carbocycles. The highest BCUT2D eigenvalue weighted by Gasteiger charge is 2.18. The van der Waals surface area contributed by atoms with Crippen LogP contribution >= 0.6 is 11.3 Å². The van der Waals surface area contributed by atoms with Crippen LogP contribution in [0.2, 0.25) is 0 Å². The molecule has 1 aliphatic heterocycles. The van der Waals surface area contributed by atoms with E-state index in [1.807, 2.05) is 48.5 Å². The molecule has 0 aliphatic carbocycles. The monoisotopic (exact) mass is 422 g/mol. The lowest BCUT2D eigenvalue weighted by Crippen LogP contribution is -2.46. The number of Topliss-reactive ketones (excluding diaryl/α,β-unsaturated/α-hetero) is 1.